The third-order valence-corrected chi connectivity index (χ3v) is 1.94. The van der Waals surface area contributed by atoms with Crippen LogP contribution in [-0.4, -0.2) is 52.8 Å². The Balaban J connectivity index is 2.00. The number of hydroxylamine groups is 1. The van der Waals surface area contributed by atoms with Gasteiger partial charge in [-0.2, -0.15) is 0 Å². The summed E-state index contributed by atoms with van der Waals surface area (Å²) in [6, 6.07) is 0. The highest BCUT2D eigenvalue weighted by Crippen LogP contribution is 1.92. The summed E-state index contributed by atoms with van der Waals surface area (Å²) < 4.78 is 10.5. The minimum Gasteiger partial charge on any atom is -0.378 e. The molecule has 0 aromatic heterocycles. The van der Waals surface area contributed by atoms with E-state index in [1.165, 1.54) is 0 Å². The van der Waals surface area contributed by atoms with Gasteiger partial charge >= 0.3 is 0 Å². The lowest BCUT2D eigenvalue weighted by molar-refractivity contribution is -0.299. The van der Waals surface area contributed by atoms with Gasteiger partial charge in [0.05, 0.1) is 39.6 Å². The molecule has 1 fully saturated rings. The van der Waals surface area contributed by atoms with E-state index in [-0.39, 0.29) is 0 Å². The van der Waals surface area contributed by atoms with Crippen molar-refractivity contribution in [2.24, 2.45) is 0 Å². The van der Waals surface area contributed by atoms with Crippen molar-refractivity contribution in [2.45, 2.75) is 12.8 Å². The molecule has 1 aliphatic rings. The van der Waals surface area contributed by atoms with Gasteiger partial charge in [0.15, 0.2) is 0 Å². The first-order valence-corrected chi connectivity index (χ1v) is 5.75. The van der Waals surface area contributed by atoms with Crippen LogP contribution >= 0.6 is 0 Å². The normalized spacial score (nSPS) is 24.0. The van der Waals surface area contributed by atoms with E-state index in [1.807, 2.05) is 0 Å². The van der Waals surface area contributed by atoms with Gasteiger partial charge in [0.25, 0.3) is 0 Å². The van der Waals surface area contributed by atoms with Crippen LogP contribution in [0.15, 0.2) is 0 Å². The van der Waals surface area contributed by atoms with Crippen molar-refractivity contribution in [3.8, 4) is 0 Å². The predicted octanol–water partition coefficient (Wildman–Crippen LogP) is 0.283. The molecule has 0 radical (unpaired) electrons. The quantitative estimate of drug-likeness (QED) is 0.609. The van der Waals surface area contributed by atoms with Crippen LogP contribution in [0.3, 0.4) is 0 Å². The van der Waals surface area contributed by atoms with E-state index in [0.717, 1.165) is 12.8 Å². The molecule has 16 heavy (non-hydrogen) atoms. The van der Waals surface area contributed by atoms with Crippen LogP contribution in [0.1, 0.15) is 12.8 Å². The molecule has 0 spiro atoms. The number of rotatable bonds is 0. The first kappa shape index (κ1) is 13.8. The summed E-state index contributed by atoms with van der Waals surface area (Å²) in [4.78, 5) is 15.0. The molecule has 1 saturated heterocycles. The molecule has 6 heteroatoms. The van der Waals surface area contributed by atoms with Crippen LogP contribution in [-0.2, 0) is 24.1 Å². The minimum absolute atomic E-state index is 0.456. The molecule has 1 rings (SSSR count). The lowest BCUT2D eigenvalue weighted by Crippen LogP contribution is -2.22. The van der Waals surface area contributed by atoms with E-state index in [2.05, 4.69) is 5.48 Å². The molecular weight excluding hydrogens is 214 g/mol. The maximum atomic E-state index is 5.29. The fourth-order valence-corrected chi connectivity index (χ4v) is 1.13. The van der Waals surface area contributed by atoms with Crippen molar-refractivity contribution >= 4 is 0 Å². The Morgan fingerprint density at radius 1 is 0.625 bits per heavy atom. The second-order valence-electron chi connectivity index (χ2n) is 3.32. The molecule has 6 nitrogen and oxygen atoms in total. The van der Waals surface area contributed by atoms with Crippen LogP contribution in [0.25, 0.3) is 0 Å². The summed E-state index contributed by atoms with van der Waals surface area (Å²) in [6.45, 7) is 4.73. The Morgan fingerprint density at radius 2 is 1.31 bits per heavy atom. The van der Waals surface area contributed by atoms with E-state index in [0.29, 0.717) is 52.8 Å². The second-order valence-corrected chi connectivity index (χ2v) is 3.32. The summed E-state index contributed by atoms with van der Waals surface area (Å²) in [7, 11) is 0. The minimum atomic E-state index is 0.456. The summed E-state index contributed by atoms with van der Waals surface area (Å²) in [5.41, 5.74) is 2.83. The van der Waals surface area contributed by atoms with Crippen molar-refractivity contribution in [1.82, 2.24) is 5.48 Å². The van der Waals surface area contributed by atoms with Gasteiger partial charge in [0, 0.05) is 6.54 Å². The van der Waals surface area contributed by atoms with Crippen LogP contribution in [0, 0.1) is 0 Å². The number of nitrogens with one attached hydrogen (secondary N) is 1. The first-order valence-electron chi connectivity index (χ1n) is 5.75. The van der Waals surface area contributed by atoms with Gasteiger partial charge < -0.3 is 14.3 Å². The lowest BCUT2D eigenvalue weighted by atomic mass is 10.3. The van der Waals surface area contributed by atoms with Crippen molar-refractivity contribution in [1.29, 1.82) is 0 Å². The zero-order valence-electron chi connectivity index (χ0n) is 9.61. The molecule has 96 valence electrons. The fourth-order valence-electron chi connectivity index (χ4n) is 1.13. The Kier molecular flexibility index (Phi) is 9.72. The monoisotopic (exact) mass is 235 g/mol. The summed E-state index contributed by atoms with van der Waals surface area (Å²) in [5, 5.41) is 0. The maximum absolute atomic E-state index is 5.29. The Labute approximate surface area is 96.0 Å². The average Bonchev–Trinajstić information content (AvgIpc) is 2.29. The molecule has 0 aromatic carbocycles. The number of ether oxygens (including phenoxy) is 2. The summed E-state index contributed by atoms with van der Waals surface area (Å²) in [6.07, 6.45) is 1.85. The molecule has 0 unspecified atom stereocenters. The van der Waals surface area contributed by atoms with E-state index in [4.69, 9.17) is 24.1 Å². The Hall–Kier alpha value is -0.240. The smallest absolute Gasteiger partial charge is 0.106 e. The fraction of sp³-hybridized carbons (Fsp3) is 1.00. The lowest BCUT2D eigenvalue weighted by Gasteiger charge is -2.09. The predicted molar refractivity (Wildman–Crippen MR) is 56.7 cm³/mol. The van der Waals surface area contributed by atoms with Gasteiger partial charge in [0.2, 0.25) is 0 Å². The van der Waals surface area contributed by atoms with Crippen LogP contribution in [0.4, 0.5) is 0 Å². The van der Waals surface area contributed by atoms with E-state index < -0.39 is 0 Å². The molecule has 0 aromatic rings. The molecule has 1 heterocycles. The molecule has 0 atom stereocenters. The standard InChI is InChI=1S/C10H21NO5/c1-2-5-15-16-10-9-13-8-7-12-6-3-11-14-4-1/h11H,1-10H2. The Bertz CT molecular complexity index is 83.2. The van der Waals surface area contributed by atoms with Gasteiger partial charge in [-0.25, -0.2) is 15.3 Å². The topological polar surface area (TPSA) is 58.2 Å². The highest BCUT2D eigenvalue weighted by Gasteiger charge is 1.95. The molecule has 0 aliphatic carbocycles. The first-order chi connectivity index (χ1) is 8.00. The van der Waals surface area contributed by atoms with Gasteiger partial charge in [0.1, 0.15) is 6.61 Å². The third-order valence-electron chi connectivity index (χ3n) is 1.94. The summed E-state index contributed by atoms with van der Waals surface area (Å²) in [5.74, 6) is 0. The third kappa shape index (κ3) is 9.02. The highest BCUT2D eigenvalue weighted by atomic mass is 17.2. The van der Waals surface area contributed by atoms with Gasteiger partial charge in [-0.05, 0) is 12.8 Å². The molecular formula is C10H21NO5. The van der Waals surface area contributed by atoms with Gasteiger partial charge in [-0.3, -0.25) is 0 Å². The average molecular weight is 235 g/mol. The van der Waals surface area contributed by atoms with Crippen LogP contribution < -0.4 is 5.48 Å². The van der Waals surface area contributed by atoms with Crippen LogP contribution in [0.2, 0.25) is 0 Å². The van der Waals surface area contributed by atoms with Crippen molar-refractivity contribution in [2.75, 3.05) is 52.8 Å². The van der Waals surface area contributed by atoms with E-state index in [9.17, 15) is 0 Å². The van der Waals surface area contributed by atoms with Gasteiger partial charge in [-0.1, -0.05) is 0 Å². The van der Waals surface area contributed by atoms with Crippen molar-refractivity contribution < 1.29 is 24.1 Å². The molecule has 0 bridgehead atoms. The molecule has 0 saturated carbocycles. The maximum Gasteiger partial charge on any atom is 0.106 e. The number of hydrogen-bond acceptors (Lipinski definition) is 6. The molecule has 1 N–H and O–H groups in total. The zero-order chi connectivity index (χ0) is 11.3. The molecule has 1 aliphatic heterocycles. The van der Waals surface area contributed by atoms with Crippen molar-refractivity contribution in [3.63, 3.8) is 0 Å². The highest BCUT2D eigenvalue weighted by molar-refractivity contribution is 4.38. The van der Waals surface area contributed by atoms with E-state index in [1.54, 1.807) is 0 Å². The second kappa shape index (κ2) is 11.3. The van der Waals surface area contributed by atoms with E-state index >= 15 is 0 Å². The molecule has 0 amide bonds. The largest absolute Gasteiger partial charge is 0.378 e. The zero-order valence-corrected chi connectivity index (χ0v) is 9.61. The Morgan fingerprint density at radius 3 is 2.25 bits per heavy atom. The van der Waals surface area contributed by atoms with Gasteiger partial charge in [-0.15, -0.1) is 0 Å². The number of hydrogen-bond donors (Lipinski definition) is 1. The van der Waals surface area contributed by atoms with Crippen LogP contribution in [0.5, 0.6) is 0 Å². The van der Waals surface area contributed by atoms with Crippen molar-refractivity contribution in [3.05, 3.63) is 0 Å². The SMILES string of the molecule is C1CCOOCCOCCOCCNOC1. The summed E-state index contributed by atoms with van der Waals surface area (Å²) >= 11 is 0.